The first-order chi connectivity index (χ1) is 5.16. The van der Waals surface area contributed by atoms with E-state index in [2.05, 4.69) is 0 Å². The summed E-state index contributed by atoms with van der Waals surface area (Å²) in [6, 6.07) is 0. The number of methoxy groups -OCH3 is 1. The summed E-state index contributed by atoms with van der Waals surface area (Å²) in [6.45, 7) is 1.81. The average molecular weight is 150 g/mol. The van der Waals surface area contributed by atoms with Crippen LogP contribution in [0, 0.1) is 10.8 Å². The van der Waals surface area contributed by atoms with Gasteiger partial charge in [-0.25, -0.2) is 0 Å². The summed E-state index contributed by atoms with van der Waals surface area (Å²) in [4.78, 5) is 0. The predicted molar refractivity (Wildman–Crippen MR) is 44.3 cm³/mol. The Morgan fingerprint density at radius 1 is 1.18 bits per heavy atom. The Morgan fingerprint density at radius 2 is 1.82 bits per heavy atom. The van der Waals surface area contributed by atoms with Crippen molar-refractivity contribution in [1.29, 1.82) is 10.8 Å². The molecule has 0 spiro atoms. The van der Waals surface area contributed by atoms with E-state index in [-0.39, 0.29) is 11.4 Å². The second-order valence-corrected chi connectivity index (χ2v) is 2.33. The molecule has 2 N–H and O–H groups in total. The van der Waals surface area contributed by atoms with E-state index in [1.54, 1.807) is 19.1 Å². The first kappa shape index (κ1) is 7.72. The third-order valence-electron chi connectivity index (χ3n) is 1.60. The van der Waals surface area contributed by atoms with Crippen molar-refractivity contribution >= 4 is 11.4 Å². The minimum Gasteiger partial charge on any atom is -0.494 e. The van der Waals surface area contributed by atoms with Gasteiger partial charge in [0, 0.05) is 0 Å². The molecule has 0 unspecified atom stereocenters. The van der Waals surface area contributed by atoms with Crippen molar-refractivity contribution in [2.24, 2.45) is 0 Å². The van der Waals surface area contributed by atoms with Gasteiger partial charge in [0.05, 0.1) is 12.8 Å². The molecule has 3 heteroatoms. The summed E-state index contributed by atoms with van der Waals surface area (Å²) in [5.41, 5.74) is 1.20. The molecule has 0 saturated carbocycles. The lowest BCUT2D eigenvalue weighted by Crippen LogP contribution is -2.19. The predicted octanol–water partition coefficient (Wildman–Crippen LogP) is 1.52. The Kier molecular flexibility index (Phi) is 1.89. The summed E-state index contributed by atoms with van der Waals surface area (Å²) in [5.74, 6) is 0.459. The molecule has 0 radical (unpaired) electrons. The van der Waals surface area contributed by atoms with Gasteiger partial charge in [-0.15, -0.1) is 0 Å². The molecular formula is C8H10N2O. The molecule has 0 fully saturated rings. The van der Waals surface area contributed by atoms with Crippen molar-refractivity contribution in [3.63, 3.8) is 0 Å². The molecule has 58 valence electrons. The zero-order valence-corrected chi connectivity index (χ0v) is 6.56. The van der Waals surface area contributed by atoms with Crippen LogP contribution in [-0.4, -0.2) is 18.5 Å². The topological polar surface area (TPSA) is 56.9 Å². The highest BCUT2D eigenvalue weighted by Crippen LogP contribution is 2.11. The van der Waals surface area contributed by atoms with Gasteiger partial charge in [-0.2, -0.15) is 0 Å². The highest BCUT2D eigenvalue weighted by Gasteiger charge is 2.15. The molecule has 1 aliphatic rings. The lowest BCUT2D eigenvalue weighted by atomic mass is 10.0. The van der Waals surface area contributed by atoms with Gasteiger partial charge in [-0.3, -0.25) is 10.8 Å². The number of ether oxygens (including phenoxy) is 1. The number of nitrogens with one attached hydrogen (secondary N) is 2. The molecule has 0 aromatic carbocycles. The Bertz CT molecular complexity index is 274. The summed E-state index contributed by atoms with van der Waals surface area (Å²) in [5, 5.41) is 14.8. The number of allylic oxidation sites excluding steroid dienone is 4. The van der Waals surface area contributed by atoms with Crippen molar-refractivity contribution in [2.75, 3.05) is 7.11 Å². The first-order valence-corrected chi connectivity index (χ1v) is 3.27. The Morgan fingerprint density at radius 3 is 2.36 bits per heavy atom. The van der Waals surface area contributed by atoms with E-state index in [1.165, 1.54) is 7.11 Å². The van der Waals surface area contributed by atoms with Crippen LogP contribution in [0.1, 0.15) is 6.92 Å². The third kappa shape index (κ3) is 1.22. The van der Waals surface area contributed by atoms with Crippen molar-refractivity contribution in [2.45, 2.75) is 6.92 Å². The SMILES string of the molecule is COC1=CC=C(C)C(=N)C1=N. The summed E-state index contributed by atoms with van der Waals surface area (Å²) in [6.07, 6.45) is 3.48. The molecule has 0 aromatic heterocycles. The van der Waals surface area contributed by atoms with E-state index < -0.39 is 0 Å². The molecule has 1 aliphatic carbocycles. The van der Waals surface area contributed by atoms with Crippen LogP contribution >= 0.6 is 0 Å². The van der Waals surface area contributed by atoms with Gasteiger partial charge in [0.2, 0.25) is 0 Å². The van der Waals surface area contributed by atoms with E-state index in [1.807, 2.05) is 0 Å². The molecular weight excluding hydrogens is 140 g/mol. The van der Waals surface area contributed by atoms with E-state index in [0.29, 0.717) is 5.76 Å². The minimum atomic E-state index is 0.160. The van der Waals surface area contributed by atoms with E-state index in [4.69, 9.17) is 15.6 Å². The van der Waals surface area contributed by atoms with Gasteiger partial charge in [0.1, 0.15) is 11.5 Å². The zero-order valence-electron chi connectivity index (χ0n) is 6.56. The normalized spacial score (nSPS) is 17.6. The minimum absolute atomic E-state index is 0.160. The fourth-order valence-electron chi connectivity index (χ4n) is 0.858. The van der Waals surface area contributed by atoms with Crippen LogP contribution in [-0.2, 0) is 4.74 Å². The Hall–Kier alpha value is -1.38. The van der Waals surface area contributed by atoms with Crippen LogP contribution < -0.4 is 0 Å². The van der Waals surface area contributed by atoms with Crippen LogP contribution in [0.15, 0.2) is 23.5 Å². The monoisotopic (exact) mass is 150 g/mol. The molecule has 0 amide bonds. The fourth-order valence-corrected chi connectivity index (χ4v) is 0.858. The van der Waals surface area contributed by atoms with Crippen molar-refractivity contribution in [1.82, 2.24) is 0 Å². The number of hydrogen-bond acceptors (Lipinski definition) is 3. The average Bonchev–Trinajstić information content (AvgIpc) is 2.01. The number of rotatable bonds is 1. The highest BCUT2D eigenvalue weighted by molar-refractivity contribution is 6.51. The van der Waals surface area contributed by atoms with E-state index >= 15 is 0 Å². The maximum atomic E-state index is 7.42. The molecule has 0 saturated heterocycles. The van der Waals surface area contributed by atoms with Gasteiger partial charge in [0.25, 0.3) is 0 Å². The third-order valence-corrected chi connectivity index (χ3v) is 1.60. The molecule has 0 bridgehead atoms. The Labute approximate surface area is 65.4 Å². The van der Waals surface area contributed by atoms with Gasteiger partial charge in [-0.1, -0.05) is 6.08 Å². The first-order valence-electron chi connectivity index (χ1n) is 3.27. The van der Waals surface area contributed by atoms with Crippen molar-refractivity contribution in [3.05, 3.63) is 23.5 Å². The molecule has 0 aliphatic heterocycles. The van der Waals surface area contributed by atoms with Gasteiger partial charge >= 0.3 is 0 Å². The maximum Gasteiger partial charge on any atom is 0.145 e. The van der Waals surface area contributed by atoms with Crippen LogP contribution in [0.25, 0.3) is 0 Å². The zero-order chi connectivity index (χ0) is 8.43. The maximum absolute atomic E-state index is 7.42. The quantitative estimate of drug-likeness (QED) is 0.547. The lowest BCUT2D eigenvalue weighted by molar-refractivity contribution is 0.315. The lowest BCUT2D eigenvalue weighted by Gasteiger charge is -2.12. The van der Waals surface area contributed by atoms with Crippen LogP contribution in [0.5, 0.6) is 0 Å². The van der Waals surface area contributed by atoms with Gasteiger partial charge in [0.15, 0.2) is 0 Å². The summed E-state index contributed by atoms with van der Waals surface area (Å²) < 4.78 is 4.87. The van der Waals surface area contributed by atoms with Crippen molar-refractivity contribution in [3.8, 4) is 0 Å². The molecule has 3 nitrogen and oxygen atoms in total. The van der Waals surface area contributed by atoms with Gasteiger partial charge in [-0.05, 0) is 18.6 Å². The van der Waals surface area contributed by atoms with Crippen LogP contribution in [0.2, 0.25) is 0 Å². The standard InChI is InChI=1S/C8H10N2O/c1-5-3-4-6(11-2)8(10)7(5)9/h3-4,9-10H,1-2H3. The van der Waals surface area contributed by atoms with Crippen LogP contribution in [0.4, 0.5) is 0 Å². The molecule has 0 aromatic rings. The van der Waals surface area contributed by atoms with Gasteiger partial charge < -0.3 is 4.74 Å². The molecule has 11 heavy (non-hydrogen) atoms. The second kappa shape index (κ2) is 2.70. The van der Waals surface area contributed by atoms with Crippen molar-refractivity contribution < 1.29 is 4.74 Å². The van der Waals surface area contributed by atoms with Crippen LogP contribution in [0.3, 0.4) is 0 Å². The second-order valence-electron chi connectivity index (χ2n) is 2.33. The number of hydrogen-bond donors (Lipinski definition) is 2. The summed E-state index contributed by atoms with van der Waals surface area (Å²) in [7, 11) is 1.50. The van der Waals surface area contributed by atoms with E-state index in [9.17, 15) is 0 Å². The highest BCUT2D eigenvalue weighted by atomic mass is 16.5. The molecule has 0 heterocycles. The fraction of sp³-hybridized carbons (Fsp3) is 0.250. The smallest absolute Gasteiger partial charge is 0.145 e. The molecule has 1 rings (SSSR count). The Balaban J connectivity index is 3.03. The summed E-state index contributed by atoms with van der Waals surface area (Å²) >= 11 is 0. The largest absolute Gasteiger partial charge is 0.494 e. The molecule has 0 atom stereocenters. The van der Waals surface area contributed by atoms with E-state index in [0.717, 1.165) is 5.57 Å².